The van der Waals surface area contributed by atoms with Crippen molar-refractivity contribution in [1.29, 1.82) is 0 Å². The number of carboxylic acids is 1. The molecular weight excluding hydrogens is 366 g/mol. The summed E-state index contributed by atoms with van der Waals surface area (Å²) >= 11 is 2.96. The van der Waals surface area contributed by atoms with E-state index in [4.69, 9.17) is 14.6 Å². The molecule has 118 valence electrons. The number of carbonyl (C=O) groups is 1. The molecule has 1 aromatic heterocycles. The average molecular weight is 382 g/mol. The van der Waals surface area contributed by atoms with Gasteiger partial charge in [0.05, 0.1) is 0 Å². The summed E-state index contributed by atoms with van der Waals surface area (Å²) in [7, 11) is -3.86. The number of piperidine rings is 1. The third-order valence-corrected chi connectivity index (χ3v) is 6.30. The number of aliphatic hydroxyl groups excluding tert-OH is 1. The van der Waals surface area contributed by atoms with Crippen LogP contribution in [0.4, 0.5) is 0 Å². The molecule has 1 aliphatic heterocycles. The van der Waals surface area contributed by atoms with Crippen molar-refractivity contribution in [3.05, 3.63) is 16.5 Å². The Labute approximate surface area is 130 Å². The molecule has 0 radical (unpaired) electrons. The zero-order chi connectivity index (χ0) is 15.6. The van der Waals surface area contributed by atoms with Crippen LogP contribution in [0.3, 0.4) is 0 Å². The first kappa shape index (κ1) is 16.5. The number of furan rings is 1. The van der Waals surface area contributed by atoms with Gasteiger partial charge in [0.25, 0.3) is 0 Å². The van der Waals surface area contributed by atoms with Gasteiger partial charge >= 0.3 is 5.97 Å². The van der Waals surface area contributed by atoms with Gasteiger partial charge in [-0.15, -0.1) is 0 Å². The minimum atomic E-state index is -3.86. The second-order valence-corrected chi connectivity index (χ2v) is 7.41. The maximum absolute atomic E-state index is 12.7. The van der Waals surface area contributed by atoms with E-state index in [2.05, 4.69) is 15.9 Å². The van der Waals surface area contributed by atoms with Crippen molar-refractivity contribution >= 4 is 31.9 Å². The van der Waals surface area contributed by atoms with Gasteiger partial charge < -0.3 is 14.6 Å². The zero-order valence-corrected chi connectivity index (χ0v) is 13.6. The fraction of sp³-hybridized carbons (Fsp3) is 0.583. The molecule has 2 N–H and O–H groups in total. The molecule has 1 atom stereocenters. The Bertz CT molecular complexity index is 624. The normalized spacial score (nSPS) is 20.6. The lowest BCUT2D eigenvalue weighted by Gasteiger charge is -2.34. The predicted molar refractivity (Wildman–Crippen MR) is 76.6 cm³/mol. The van der Waals surface area contributed by atoms with Crippen molar-refractivity contribution in [2.75, 3.05) is 13.2 Å². The van der Waals surface area contributed by atoms with E-state index in [1.165, 1.54) is 4.31 Å². The molecule has 0 aliphatic carbocycles. The molecule has 9 heteroatoms. The number of halogens is 1. The van der Waals surface area contributed by atoms with E-state index < -0.39 is 21.8 Å². The van der Waals surface area contributed by atoms with E-state index in [1.807, 2.05) is 0 Å². The summed E-state index contributed by atoms with van der Waals surface area (Å²) in [5.74, 6) is -1.76. The highest BCUT2D eigenvalue weighted by atomic mass is 79.9. The summed E-state index contributed by atoms with van der Waals surface area (Å²) < 4.78 is 31.5. The largest absolute Gasteiger partial charge is 0.475 e. The quantitative estimate of drug-likeness (QED) is 0.802. The minimum absolute atomic E-state index is 0.0936. The highest BCUT2D eigenvalue weighted by Crippen LogP contribution is 2.32. The Morgan fingerprint density at radius 3 is 2.76 bits per heavy atom. The molecule has 0 amide bonds. The molecule has 1 saturated heterocycles. The molecule has 1 aliphatic rings. The number of aliphatic hydroxyl groups is 1. The van der Waals surface area contributed by atoms with Crippen LogP contribution in [0.25, 0.3) is 0 Å². The fourth-order valence-electron chi connectivity index (χ4n) is 2.49. The Hall–Kier alpha value is -0.900. The van der Waals surface area contributed by atoms with E-state index in [0.717, 1.165) is 18.9 Å². The second-order valence-electron chi connectivity index (χ2n) is 4.83. The van der Waals surface area contributed by atoms with Crippen LogP contribution in [-0.2, 0) is 10.0 Å². The average Bonchev–Trinajstić information content (AvgIpc) is 2.83. The first-order valence-corrected chi connectivity index (χ1v) is 8.76. The van der Waals surface area contributed by atoms with Gasteiger partial charge in [0, 0.05) is 25.3 Å². The van der Waals surface area contributed by atoms with Crippen LogP contribution in [0, 0.1) is 0 Å². The monoisotopic (exact) mass is 381 g/mol. The zero-order valence-electron chi connectivity index (χ0n) is 11.2. The van der Waals surface area contributed by atoms with Crippen molar-refractivity contribution in [3.63, 3.8) is 0 Å². The van der Waals surface area contributed by atoms with Crippen LogP contribution in [0.15, 0.2) is 20.0 Å². The number of sulfonamides is 1. The summed E-state index contributed by atoms with van der Waals surface area (Å²) in [5, 5.41) is 18.0. The number of nitrogens with zero attached hydrogens (tertiary/aromatic N) is 1. The van der Waals surface area contributed by atoms with Crippen LogP contribution in [0.5, 0.6) is 0 Å². The molecule has 2 heterocycles. The molecule has 0 aromatic carbocycles. The van der Waals surface area contributed by atoms with Crippen molar-refractivity contribution < 1.29 is 27.8 Å². The van der Waals surface area contributed by atoms with E-state index in [1.54, 1.807) is 0 Å². The van der Waals surface area contributed by atoms with Gasteiger partial charge in [-0.2, -0.15) is 4.31 Å². The van der Waals surface area contributed by atoms with Crippen molar-refractivity contribution in [2.45, 2.75) is 36.6 Å². The molecule has 1 fully saturated rings. The van der Waals surface area contributed by atoms with Crippen LogP contribution in [0.2, 0.25) is 0 Å². The number of hydrogen-bond donors (Lipinski definition) is 2. The van der Waals surface area contributed by atoms with E-state index in [9.17, 15) is 13.2 Å². The fourth-order valence-corrected chi connectivity index (χ4v) is 5.12. The van der Waals surface area contributed by atoms with Gasteiger partial charge in [-0.3, -0.25) is 0 Å². The van der Waals surface area contributed by atoms with E-state index >= 15 is 0 Å². The summed E-state index contributed by atoms with van der Waals surface area (Å²) in [5.41, 5.74) is 0. The Morgan fingerprint density at radius 2 is 2.19 bits per heavy atom. The molecule has 1 unspecified atom stereocenters. The van der Waals surface area contributed by atoms with E-state index in [0.29, 0.717) is 19.4 Å². The highest BCUT2D eigenvalue weighted by Gasteiger charge is 2.36. The minimum Gasteiger partial charge on any atom is -0.475 e. The number of carboxylic acid groups (broad SMARTS) is 1. The van der Waals surface area contributed by atoms with Gasteiger partial charge in [-0.05, 0) is 35.2 Å². The first-order chi connectivity index (χ1) is 9.87. The van der Waals surface area contributed by atoms with Gasteiger partial charge in [0.2, 0.25) is 15.8 Å². The summed E-state index contributed by atoms with van der Waals surface area (Å²) in [6.45, 7) is 0.261. The van der Waals surface area contributed by atoms with Gasteiger partial charge in [0.15, 0.2) is 4.67 Å². The number of hydrogen-bond acceptors (Lipinski definition) is 5. The topological polar surface area (TPSA) is 108 Å². The number of aromatic carboxylic acids is 1. The maximum Gasteiger partial charge on any atom is 0.371 e. The maximum atomic E-state index is 12.7. The second kappa shape index (κ2) is 6.47. The van der Waals surface area contributed by atoms with Crippen LogP contribution in [0.1, 0.15) is 36.2 Å². The third-order valence-electron chi connectivity index (χ3n) is 3.49. The van der Waals surface area contributed by atoms with Crippen molar-refractivity contribution in [1.82, 2.24) is 4.31 Å². The molecule has 2 rings (SSSR count). The van der Waals surface area contributed by atoms with Crippen LogP contribution < -0.4 is 0 Å². The lowest BCUT2D eigenvalue weighted by molar-refractivity contribution is 0.0661. The first-order valence-electron chi connectivity index (χ1n) is 6.53. The molecule has 7 nitrogen and oxygen atoms in total. The Kier molecular flexibility index (Phi) is 5.07. The van der Waals surface area contributed by atoms with Crippen molar-refractivity contribution in [3.8, 4) is 0 Å². The molecule has 21 heavy (non-hydrogen) atoms. The third kappa shape index (κ3) is 3.31. The molecule has 0 saturated carbocycles. The SMILES string of the molecule is O=C(O)c1cc(S(=O)(=O)N2CCCCC2CCO)c(Br)o1. The van der Waals surface area contributed by atoms with Crippen molar-refractivity contribution in [2.24, 2.45) is 0 Å². The molecule has 0 spiro atoms. The number of rotatable bonds is 5. The summed E-state index contributed by atoms with van der Waals surface area (Å²) in [6, 6.07) is 0.732. The highest BCUT2D eigenvalue weighted by molar-refractivity contribution is 9.10. The predicted octanol–water partition coefficient (Wildman–Crippen LogP) is 1.67. The van der Waals surface area contributed by atoms with Crippen LogP contribution >= 0.6 is 15.9 Å². The Morgan fingerprint density at radius 1 is 1.48 bits per heavy atom. The molecule has 0 bridgehead atoms. The van der Waals surface area contributed by atoms with Crippen LogP contribution in [-0.4, -0.2) is 48.1 Å². The lowest BCUT2D eigenvalue weighted by atomic mass is 10.0. The van der Waals surface area contributed by atoms with Gasteiger partial charge in [-0.25, -0.2) is 13.2 Å². The lowest BCUT2D eigenvalue weighted by Crippen LogP contribution is -2.44. The molecule has 1 aromatic rings. The van der Waals surface area contributed by atoms with Gasteiger partial charge in [0.1, 0.15) is 4.90 Å². The smallest absolute Gasteiger partial charge is 0.371 e. The van der Waals surface area contributed by atoms with Gasteiger partial charge in [-0.1, -0.05) is 6.42 Å². The standard InChI is InChI=1S/C12H16BrNO6S/c13-11-10(7-9(20-11)12(16)17)21(18,19)14-5-2-1-3-8(14)4-6-15/h7-8,15H,1-6H2,(H,16,17). The summed E-state index contributed by atoms with van der Waals surface area (Å²) in [4.78, 5) is 10.7. The summed E-state index contributed by atoms with van der Waals surface area (Å²) in [6.07, 6.45) is 2.69. The Balaban J connectivity index is 2.38. The molecular formula is C12H16BrNO6S. The van der Waals surface area contributed by atoms with E-state index in [-0.39, 0.29) is 22.2 Å².